The second-order valence-corrected chi connectivity index (χ2v) is 4.81. The molecule has 0 atom stereocenters. The Morgan fingerprint density at radius 2 is 2.14 bits per heavy atom. The van der Waals surface area contributed by atoms with Gasteiger partial charge in [0.05, 0.1) is 13.0 Å². The first-order chi connectivity index (χ1) is 10.7. The lowest BCUT2D eigenvalue weighted by Crippen LogP contribution is -2.18. The summed E-state index contributed by atoms with van der Waals surface area (Å²) in [6.07, 6.45) is 5.06. The number of rotatable bonds is 6. The summed E-state index contributed by atoms with van der Waals surface area (Å²) in [5, 5.41) is 2.81. The van der Waals surface area contributed by atoms with Crippen LogP contribution in [0.3, 0.4) is 0 Å². The molecule has 1 saturated carbocycles. The minimum atomic E-state index is -0.865. The standard InChI is InChI=1S/C14H17N3O5/c1-20-10-6-7-16-11(13(18)17-15)12(10)21-8-22-14(19)9-4-2-3-5-9/h6-7,9,15H,2-5,8H2,1H3. The first-order valence-electron chi connectivity index (χ1n) is 6.91. The van der Waals surface area contributed by atoms with Crippen LogP contribution < -0.4 is 9.47 Å². The third kappa shape index (κ3) is 3.57. The van der Waals surface area contributed by atoms with E-state index in [0.717, 1.165) is 25.7 Å². The van der Waals surface area contributed by atoms with Crippen molar-refractivity contribution in [1.29, 1.82) is 5.53 Å². The molecule has 0 aromatic carbocycles. The molecule has 1 aromatic heterocycles. The van der Waals surface area contributed by atoms with Gasteiger partial charge in [-0.3, -0.25) is 9.59 Å². The van der Waals surface area contributed by atoms with E-state index < -0.39 is 5.91 Å². The van der Waals surface area contributed by atoms with Crippen molar-refractivity contribution in [1.82, 2.24) is 4.98 Å². The molecule has 1 aromatic rings. The molecule has 1 aliphatic rings. The zero-order valence-corrected chi connectivity index (χ0v) is 12.2. The lowest BCUT2D eigenvalue weighted by Gasteiger charge is -2.14. The molecule has 0 aliphatic heterocycles. The van der Waals surface area contributed by atoms with E-state index in [1.54, 1.807) is 0 Å². The van der Waals surface area contributed by atoms with Gasteiger partial charge in [0.15, 0.2) is 17.2 Å². The number of methoxy groups -OCH3 is 1. The molecule has 0 spiro atoms. The van der Waals surface area contributed by atoms with Crippen molar-refractivity contribution in [3.05, 3.63) is 18.0 Å². The molecule has 1 amide bonds. The highest BCUT2D eigenvalue weighted by atomic mass is 16.7. The average molecular weight is 307 g/mol. The fourth-order valence-corrected chi connectivity index (χ4v) is 2.36. The van der Waals surface area contributed by atoms with Gasteiger partial charge >= 0.3 is 11.9 Å². The number of nitrogens with one attached hydrogen (secondary N) is 1. The van der Waals surface area contributed by atoms with E-state index in [9.17, 15) is 9.59 Å². The third-order valence-electron chi connectivity index (χ3n) is 3.49. The monoisotopic (exact) mass is 307 g/mol. The van der Waals surface area contributed by atoms with Crippen LogP contribution in [0.4, 0.5) is 0 Å². The highest BCUT2D eigenvalue weighted by molar-refractivity contribution is 5.95. The zero-order chi connectivity index (χ0) is 15.9. The number of esters is 1. The number of ether oxygens (including phenoxy) is 3. The first-order valence-corrected chi connectivity index (χ1v) is 6.91. The summed E-state index contributed by atoms with van der Waals surface area (Å²) in [6, 6.07) is 1.49. The molecule has 0 unspecified atom stereocenters. The van der Waals surface area contributed by atoms with Crippen molar-refractivity contribution < 1.29 is 23.8 Å². The Hall–Kier alpha value is -2.51. The highest BCUT2D eigenvalue weighted by Crippen LogP contribution is 2.30. The maximum absolute atomic E-state index is 11.8. The molecule has 0 saturated heterocycles. The van der Waals surface area contributed by atoms with Crippen molar-refractivity contribution in [3.8, 4) is 11.5 Å². The Bertz CT molecular complexity index is 570. The van der Waals surface area contributed by atoms with Gasteiger partial charge in [0, 0.05) is 12.3 Å². The van der Waals surface area contributed by atoms with E-state index in [1.165, 1.54) is 19.4 Å². The van der Waals surface area contributed by atoms with Gasteiger partial charge < -0.3 is 14.2 Å². The van der Waals surface area contributed by atoms with Gasteiger partial charge in [0.1, 0.15) is 0 Å². The minimum absolute atomic E-state index is 0.00484. The summed E-state index contributed by atoms with van der Waals surface area (Å²) in [6.45, 7) is -0.352. The van der Waals surface area contributed by atoms with Gasteiger partial charge in [-0.25, -0.2) is 10.5 Å². The smallest absolute Gasteiger partial charge is 0.317 e. The third-order valence-corrected chi connectivity index (χ3v) is 3.49. The second kappa shape index (κ2) is 7.48. The summed E-state index contributed by atoms with van der Waals surface area (Å²) < 4.78 is 15.5. The minimum Gasteiger partial charge on any atom is -0.493 e. The molecule has 1 N–H and O–H groups in total. The van der Waals surface area contributed by atoms with E-state index in [1.807, 2.05) is 0 Å². The van der Waals surface area contributed by atoms with Crippen LogP contribution in [-0.4, -0.2) is 30.8 Å². The number of aromatic nitrogens is 1. The fourth-order valence-electron chi connectivity index (χ4n) is 2.36. The van der Waals surface area contributed by atoms with Gasteiger partial charge in [0.2, 0.25) is 6.79 Å². The summed E-state index contributed by atoms with van der Waals surface area (Å²) >= 11 is 0. The number of pyridine rings is 1. The Labute approximate surface area is 127 Å². The first kappa shape index (κ1) is 15.9. The van der Waals surface area contributed by atoms with E-state index in [0.29, 0.717) is 0 Å². The van der Waals surface area contributed by atoms with E-state index in [2.05, 4.69) is 10.1 Å². The molecule has 8 heteroatoms. The average Bonchev–Trinajstić information content (AvgIpc) is 3.08. The zero-order valence-electron chi connectivity index (χ0n) is 12.2. The Balaban J connectivity index is 2.03. The molecule has 0 bridgehead atoms. The fraction of sp³-hybridized carbons (Fsp3) is 0.500. The largest absolute Gasteiger partial charge is 0.493 e. The second-order valence-electron chi connectivity index (χ2n) is 4.81. The van der Waals surface area contributed by atoms with Crippen molar-refractivity contribution in [3.63, 3.8) is 0 Å². The normalized spacial score (nSPS) is 14.4. The van der Waals surface area contributed by atoms with Gasteiger partial charge in [-0.1, -0.05) is 12.8 Å². The lowest BCUT2D eigenvalue weighted by molar-refractivity contribution is -0.155. The number of hydrogen-bond donors (Lipinski definition) is 1. The Kier molecular flexibility index (Phi) is 5.40. The quantitative estimate of drug-likeness (QED) is 0.490. The Morgan fingerprint density at radius 1 is 1.41 bits per heavy atom. The number of carbonyl (C=O) groups excluding carboxylic acids is 2. The SMILES string of the molecule is COc1ccnc(C(=O)N=N)c1OCOC(=O)C1CCCC1. The topological polar surface area (TPSA) is 111 Å². The molecule has 2 rings (SSSR count). The van der Waals surface area contributed by atoms with Crippen LogP contribution in [0.1, 0.15) is 36.2 Å². The van der Waals surface area contributed by atoms with Crippen LogP contribution in [0.25, 0.3) is 0 Å². The molecule has 118 valence electrons. The van der Waals surface area contributed by atoms with Crippen molar-refractivity contribution >= 4 is 11.9 Å². The number of hydrogen-bond acceptors (Lipinski definition) is 7. The number of amides is 1. The van der Waals surface area contributed by atoms with Crippen LogP contribution in [0, 0.1) is 11.4 Å². The van der Waals surface area contributed by atoms with Gasteiger partial charge in [-0.2, -0.15) is 0 Å². The molecule has 1 aliphatic carbocycles. The molecule has 8 nitrogen and oxygen atoms in total. The summed E-state index contributed by atoms with van der Waals surface area (Å²) in [7, 11) is 1.40. The van der Waals surface area contributed by atoms with Gasteiger partial charge in [-0.15, -0.1) is 5.11 Å². The lowest BCUT2D eigenvalue weighted by atomic mass is 10.1. The highest BCUT2D eigenvalue weighted by Gasteiger charge is 2.25. The summed E-state index contributed by atoms with van der Waals surface area (Å²) in [4.78, 5) is 27.2. The maximum Gasteiger partial charge on any atom is 0.317 e. The number of nitrogens with zero attached hydrogens (tertiary/aromatic N) is 2. The van der Waals surface area contributed by atoms with Crippen LogP contribution >= 0.6 is 0 Å². The van der Waals surface area contributed by atoms with E-state index in [4.69, 9.17) is 19.7 Å². The molecule has 22 heavy (non-hydrogen) atoms. The predicted octanol–water partition coefficient (Wildman–Crippen LogP) is 2.33. The summed E-state index contributed by atoms with van der Waals surface area (Å²) in [5.74, 6) is -0.998. The maximum atomic E-state index is 11.8. The summed E-state index contributed by atoms with van der Waals surface area (Å²) in [5.41, 5.74) is 6.62. The van der Waals surface area contributed by atoms with Crippen molar-refractivity contribution in [2.75, 3.05) is 13.9 Å². The van der Waals surface area contributed by atoms with Crippen LogP contribution in [-0.2, 0) is 9.53 Å². The molecule has 1 fully saturated rings. The predicted molar refractivity (Wildman–Crippen MR) is 73.8 cm³/mol. The van der Waals surface area contributed by atoms with Gasteiger partial charge in [0.25, 0.3) is 0 Å². The molecule has 1 heterocycles. The van der Waals surface area contributed by atoms with E-state index >= 15 is 0 Å². The van der Waals surface area contributed by atoms with Crippen molar-refractivity contribution in [2.45, 2.75) is 25.7 Å². The van der Waals surface area contributed by atoms with E-state index in [-0.39, 0.29) is 35.9 Å². The number of carbonyl (C=O) groups is 2. The van der Waals surface area contributed by atoms with Crippen LogP contribution in [0.5, 0.6) is 11.5 Å². The van der Waals surface area contributed by atoms with Crippen molar-refractivity contribution in [2.24, 2.45) is 11.0 Å². The Morgan fingerprint density at radius 3 is 2.77 bits per heavy atom. The van der Waals surface area contributed by atoms with Gasteiger partial charge in [-0.05, 0) is 12.8 Å². The molecule has 0 radical (unpaired) electrons. The van der Waals surface area contributed by atoms with Crippen LogP contribution in [0.2, 0.25) is 0 Å². The molecular formula is C14H17N3O5. The molecular weight excluding hydrogens is 290 g/mol. The van der Waals surface area contributed by atoms with Crippen LogP contribution in [0.15, 0.2) is 17.4 Å².